The molecule has 5 heteroatoms. The SMILES string of the molecule is CCCOC(=O)C1=C(C)N=CC(C#N)C1c1cccc2ncc(-c3ccccc3)cc12. The van der Waals surface area contributed by atoms with Crippen LogP contribution in [0.1, 0.15) is 31.7 Å². The molecule has 154 valence electrons. The predicted octanol–water partition coefficient (Wildman–Crippen LogP) is 5.44. The normalized spacial score (nSPS) is 18.1. The fourth-order valence-corrected chi connectivity index (χ4v) is 3.99. The Balaban J connectivity index is 1.89. The van der Waals surface area contributed by atoms with Gasteiger partial charge in [-0.05, 0) is 36.6 Å². The van der Waals surface area contributed by atoms with Crippen molar-refractivity contribution in [1.82, 2.24) is 4.98 Å². The fraction of sp³-hybridized carbons (Fsp3) is 0.231. The Labute approximate surface area is 181 Å². The molecule has 0 spiro atoms. The number of hydrogen-bond acceptors (Lipinski definition) is 5. The summed E-state index contributed by atoms with van der Waals surface area (Å²) >= 11 is 0. The number of carbonyl (C=O) groups is 1. The second-order valence-corrected chi connectivity index (χ2v) is 7.55. The summed E-state index contributed by atoms with van der Waals surface area (Å²) in [5, 5.41) is 10.8. The van der Waals surface area contributed by atoms with Crippen LogP contribution in [0.3, 0.4) is 0 Å². The van der Waals surface area contributed by atoms with Crippen molar-refractivity contribution in [3.63, 3.8) is 0 Å². The zero-order valence-electron chi connectivity index (χ0n) is 17.6. The number of ether oxygens (including phenoxy) is 1. The van der Waals surface area contributed by atoms with E-state index in [4.69, 9.17) is 4.74 Å². The van der Waals surface area contributed by atoms with Gasteiger partial charge in [-0.25, -0.2) is 4.79 Å². The van der Waals surface area contributed by atoms with Gasteiger partial charge >= 0.3 is 5.97 Å². The van der Waals surface area contributed by atoms with Crippen molar-refractivity contribution in [3.05, 3.63) is 77.6 Å². The van der Waals surface area contributed by atoms with Gasteiger partial charge in [0.1, 0.15) is 0 Å². The van der Waals surface area contributed by atoms with Gasteiger partial charge < -0.3 is 4.74 Å². The van der Waals surface area contributed by atoms with Crippen molar-refractivity contribution in [2.75, 3.05) is 6.61 Å². The van der Waals surface area contributed by atoms with Crippen LogP contribution in [-0.2, 0) is 9.53 Å². The molecule has 2 aromatic carbocycles. The minimum atomic E-state index is -0.571. The van der Waals surface area contributed by atoms with E-state index in [0.717, 1.165) is 34.0 Å². The molecule has 3 aromatic rings. The van der Waals surface area contributed by atoms with E-state index in [0.29, 0.717) is 17.9 Å². The van der Waals surface area contributed by atoms with E-state index >= 15 is 0 Å². The van der Waals surface area contributed by atoms with E-state index in [1.165, 1.54) is 0 Å². The molecule has 0 N–H and O–H groups in total. The average Bonchev–Trinajstić information content (AvgIpc) is 2.82. The molecular weight excluding hydrogens is 386 g/mol. The van der Waals surface area contributed by atoms with Gasteiger partial charge in [-0.3, -0.25) is 9.98 Å². The summed E-state index contributed by atoms with van der Waals surface area (Å²) in [6.45, 7) is 4.07. The largest absolute Gasteiger partial charge is 0.462 e. The highest BCUT2D eigenvalue weighted by Gasteiger charge is 2.36. The second kappa shape index (κ2) is 8.93. The van der Waals surface area contributed by atoms with E-state index < -0.39 is 17.8 Å². The third kappa shape index (κ3) is 3.97. The summed E-state index contributed by atoms with van der Waals surface area (Å²) in [5.74, 6) is -1.45. The number of hydrogen-bond donors (Lipinski definition) is 0. The van der Waals surface area contributed by atoms with Crippen molar-refractivity contribution in [3.8, 4) is 17.2 Å². The maximum atomic E-state index is 13.0. The summed E-state index contributed by atoms with van der Waals surface area (Å²) < 4.78 is 5.46. The predicted molar refractivity (Wildman–Crippen MR) is 121 cm³/mol. The van der Waals surface area contributed by atoms with E-state index in [2.05, 4.69) is 22.1 Å². The molecule has 0 aliphatic carbocycles. The number of allylic oxidation sites excluding steroid dienone is 1. The van der Waals surface area contributed by atoms with Crippen LogP contribution in [0.15, 0.2) is 77.1 Å². The first-order valence-corrected chi connectivity index (χ1v) is 10.4. The zero-order chi connectivity index (χ0) is 21.8. The van der Waals surface area contributed by atoms with Crippen LogP contribution in [-0.4, -0.2) is 23.8 Å². The Kier molecular flexibility index (Phi) is 5.90. The van der Waals surface area contributed by atoms with Gasteiger partial charge in [-0.15, -0.1) is 0 Å². The van der Waals surface area contributed by atoms with Crippen molar-refractivity contribution in [1.29, 1.82) is 5.26 Å². The Morgan fingerprint density at radius 3 is 2.68 bits per heavy atom. The lowest BCUT2D eigenvalue weighted by Crippen LogP contribution is -2.26. The summed E-state index contributed by atoms with van der Waals surface area (Å²) in [6.07, 6.45) is 4.21. The molecule has 0 fully saturated rings. The lowest BCUT2D eigenvalue weighted by atomic mass is 9.77. The van der Waals surface area contributed by atoms with Crippen molar-refractivity contribution >= 4 is 23.1 Å². The first kappa shape index (κ1) is 20.5. The lowest BCUT2D eigenvalue weighted by Gasteiger charge is -2.27. The Hall–Kier alpha value is -3.78. The number of fused-ring (bicyclic) bond motifs is 1. The molecule has 0 bridgehead atoms. The smallest absolute Gasteiger partial charge is 0.336 e. The Bertz CT molecular complexity index is 1220. The number of esters is 1. The highest BCUT2D eigenvalue weighted by Crippen LogP contribution is 2.40. The molecular formula is C26H23N3O2. The molecule has 0 amide bonds. The third-order valence-electron chi connectivity index (χ3n) is 5.50. The van der Waals surface area contributed by atoms with Gasteiger partial charge in [-0.2, -0.15) is 5.26 Å². The number of nitrogens with zero attached hydrogens (tertiary/aromatic N) is 3. The zero-order valence-corrected chi connectivity index (χ0v) is 17.6. The van der Waals surface area contributed by atoms with Crippen LogP contribution < -0.4 is 0 Å². The number of carbonyl (C=O) groups excluding carboxylic acids is 1. The number of nitriles is 1. The number of rotatable bonds is 5. The van der Waals surface area contributed by atoms with Crippen molar-refractivity contribution in [2.24, 2.45) is 10.9 Å². The van der Waals surface area contributed by atoms with Crippen molar-refractivity contribution in [2.45, 2.75) is 26.2 Å². The van der Waals surface area contributed by atoms with Crippen LogP contribution in [0.2, 0.25) is 0 Å². The molecule has 5 nitrogen and oxygen atoms in total. The van der Waals surface area contributed by atoms with Gasteiger partial charge in [0.25, 0.3) is 0 Å². The maximum absolute atomic E-state index is 13.0. The number of aliphatic imine (C=N–C) groups is 1. The first-order chi connectivity index (χ1) is 15.1. The number of aromatic nitrogens is 1. The van der Waals surface area contributed by atoms with Crippen molar-refractivity contribution < 1.29 is 9.53 Å². The maximum Gasteiger partial charge on any atom is 0.336 e. The Morgan fingerprint density at radius 1 is 1.13 bits per heavy atom. The summed E-state index contributed by atoms with van der Waals surface area (Å²) in [6, 6.07) is 20.2. The van der Waals surface area contributed by atoms with Crippen LogP contribution >= 0.6 is 0 Å². The minimum absolute atomic E-state index is 0.332. The second-order valence-electron chi connectivity index (χ2n) is 7.55. The summed E-state index contributed by atoms with van der Waals surface area (Å²) in [4.78, 5) is 21.9. The van der Waals surface area contributed by atoms with Crippen LogP contribution in [0.25, 0.3) is 22.0 Å². The fourth-order valence-electron chi connectivity index (χ4n) is 3.99. The molecule has 1 aliphatic heterocycles. The summed E-state index contributed by atoms with van der Waals surface area (Å²) in [5.41, 5.74) is 4.76. The van der Waals surface area contributed by atoms with Crippen LogP contribution in [0.4, 0.5) is 0 Å². The molecule has 2 heterocycles. The topological polar surface area (TPSA) is 75.3 Å². The van der Waals surface area contributed by atoms with E-state index in [9.17, 15) is 10.1 Å². The molecule has 1 aromatic heterocycles. The van der Waals surface area contributed by atoms with E-state index in [-0.39, 0.29) is 0 Å². The number of pyridine rings is 1. The molecule has 2 atom stereocenters. The molecule has 0 radical (unpaired) electrons. The third-order valence-corrected chi connectivity index (χ3v) is 5.50. The minimum Gasteiger partial charge on any atom is -0.462 e. The highest BCUT2D eigenvalue weighted by molar-refractivity contribution is 5.96. The molecule has 31 heavy (non-hydrogen) atoms. The molecule has 4 rings (SSSR count). The molecule has 2 unspecified atom stereocenters. The van der Waals surface area contributed by atoms with E-state index in [1.807, 2.05) is 61.7 Å². The van der Waals surface area contributed by atoms with Gasteiger partial charge in [0.2, 0.25) is 0 Å². The lowest BCUT2D eigenvalue weighted by molar-refractivity contribution is -0.139. The van der Waals surface area contributed by atoms with Gasteiger partial charge in [0, 0.05) is 35.0 Å². The molecule has 1 aliphatic rings. The molecule has 0 saturated heterocycles. The quantitative estimate of drug-likeness (QED) is 0.526. The number of benzene rings is 2. The first-order valence-electron chi connectivity index (χ1n) is 10.4. The monoisotopic (exact) mass is 409 g/mol. The summed E-state index contributed by atoms with van der Waals surface area (Å²) in [7, 11) is 0. The van der Waals surface area contributed by atoms with Gasteiger partial charge in [0.15, 0.2) is 0 Å². The van der Waals surface area contributed by atoms with Crippen LogP contribution in [0.5, 0.6) is 0 Å². The standard InChI is InChI=1S/C26H23N3O2/c1-3-12-31-26(30)24-17(2)28-16-20(14-27)25(24)21-10-7-11-23-22(21)13-19(15-29-23)18-8-5-4-6-9-18/h4-11,13,15-16,20,25H,3,12H2,1-2H3. The highest BCUT2D eigenvalue weighted by atomic mass is 16.5. The van der Waals surface area contributed by atoms with Gasteiger partial charge in [0.05, 0.1) is 29.7 Å². The van der Waals surface area contributed by atoms with Gasteiger partial charge in [-0.1, -0.05) is 49.4 Å². The molecule has 0 saturated carbocycles. The average molecular weight is 409 g/mol. The Morgan fingerprint density at radius 2 is 1.94 bits per heavy atom. The van der Waals surface area contributed by atoms with Crippen LogP contribution in [0, 0.1) is 17.2 Å². The van der Waals surface area contributed by atoms with E-state index in [1.54, 1.807) is 13.1 Å².